The molecule has 0 amide bonds. The number of hydrogen-bond acceptors (Lipinski definition) is 5. The minimum Gasteiger partial charge on any atom is -0.353 e. The van der Waals surface area contributed by atoms with Gasteiger partial charge in [-0.25, -0.2) is 0 Å². The van der Waals surface area contributed by atoms with Gasteiger partial charge in [-0.3, -0.25) is 0 Å². The maximum absolute atomic E-state index is 5.47. The standard InChI is InChI=1S/C12H24N4O2/c1-4-16-10-14-15-11(16)9-13-8-7-12(17-5-2)18-6-3/h10,12-13H,4-9H2,1-3H3. The number of hydrogen-bond donors (Lipinski definition) is 1. The summed E-state index contributed by atoms with van der Waals surface area (Å²) in [5, 5.41) is 11.3. The van der Waals surface area contributed by atoms with Crippen molar-refractivity contribution in [3.63, 3.8) is 0 Å². The predicted molar refractivity (Wildman–Crippen MR) is 69.1 cm³/mol. The lowest BCUT2D eigenvalue weighted by Crippen LogP contribution is -2.25. The molecule has 0 aromatic carbocycles. The third-order valence-electron chi connectivity index (χ3n) is 2.58. The summed E-state index contributed by atoms with van der Waals surface area (Å²) in [4.78, 5) is 0. The van der Waals surface area contributed by atoms with Crippen molar-refractivity contribution in [2.24, 2.45) is 0 Å². The third kappa shape index (κ3) is 5.12. The fourth-order valence-electron chi connectivity index (χ4n) is 1.69. The lowest BCUT2D eigenvalue weighted by molar-refractivity contribution is -0.138. The van der Waals surface area contributed by atoms with Gasteiger partial charge < -0.3 is 19.4 Å². The van der Waals surface area contributed by atoms with Crippen molar-refractivity contribution < 1.29 is 9.47 Å². The highest BCUT2D eigenvalue weighted by Crippen LogP contribution is 2.00. The Hall–Kier alpha value is -0.980. The molecule has 104 valence electrons. The lowest BCUT2D eigenvalue weighted by Gasteiger charge is -2.16. The predicted octanol–water partition coefficient (Wildman–Crippen LogP) is 1.18. The van der Waals surface area contributed by atoms with E-state index in [1.54, 1.807) is 6.33 Å². The third-order valence-corrected chi connectivity index (χ3v) is 2.58. The molecule has 0 radical (unpaired) electrons. The highest BCUT2D eigenvalue weighted by atomic mass is 16.7. The smallest absolute Gasteiger partial charge is 0.158 e. The molecular formula is C12H24N4O2. The maximum Gasteiger partial charge on any atom is 0.158 e. The van der Waals surface area contributed by atoms with Crippen LogP contribution < -0.4 is 5.32 Å². The Morgan fingerprint density at radius 3 is 2.61 bits per heavy atom. The Labute approximate surface area is 109 Å². The van der Waals surface area contributed by atoms with E-state index >= 15 is 0 Å². The van der Waals surface area contributed by atoms with Gasteiger partial charge >= 0.3 is 0 Å². The summed E-state index contributed by atoms with van der Waals surface area (Å²) >= 11 is 0. The van der Waals surface area contributed by atoms with Crippen LogP contribution in [0.25, 0.3) is 0 Å². The van der Waals surface area contributed by atoms with E-state index in [-0.39, 0.29) is 6.29 Å². The highest BCUT2D eigenvalue weighted by molar-refractivity contribution is 4.84. The fourth-order valence-corrected chi connectivity index (χ4v) is 1.69. The van der Waals surface area contributed by atoms with Crippen LogP contribution in [0.4, 0.5) is 0 Å². The summed E-state index contributed by atoms with van der Waals surface area (Å²) in [6.07, 6.45) is 2.47. The largest absolute Gasteiger partial charge is 0.353 e. The molecule has 0 unspecified atom stereocenters. The van der Waals surface area contributed by atoms with Gasteiger partial charge in [0.05, 0.1) is 6.54 Å². The average molecular weight is 256 g/mol. The summed E-state index contributed by atoms with van der Waals surface area (Å²) < 4.78 is 13.0. The van der Waals surface area contributed by atoms with Crippen LogP contribution in [0.5, 0.6) is 0 Å². The first-order valence-electron chi connectivity index (χ1n) is 6.62. The first-order chi connectivity index (χ1) is 8.81. The molecular weight excluding hydrogens is 232 g/mol. The second-order valence-electron chi connectivity index (χ2n) is 3.84. The molecule has 1 heterocycles. The minimum atomic E-state index is -0.114. The van der Waals surface area contributed by atoms with Crippen LogP contribution in [0.1, 0.15) is 33.0 Å². The first kappa shape index (κ1) is 15.1. The molecule has 0 aliphatic rings. The normalized spacial score (nSPS) is 11.3. The van der Waals surface area contributed by atoms with Crippen molar-refractivity contribution >= 4 is 0 Å². The van der Waals surface area contributed by atoms with Gasteiger partial charge in [0.15, 0.2) is 6.29 Å². The molecule has 0 bridgehead atoms. The van der Waals surface area contributed by atoms with Crippen molar-refractivity contribution in [1.29, 1.82) is 0 Å². The molecule has 6 heteroatoms. The van der Waals surface area contributed by atoms with Crippen molar-refractivity contribution in [2.75, 3.05) is 19.8 Å². The Kier molecular flexibility index (Phi) is 7.55. The van der Waals surface area contributed by atoms with E-state index in [1.807, 2.05) is 18.4 Å². The summed E-state index contributed by atoms with van der Waals surface area (Å²) in [7, 11) is 0. The molecule has 1 aromatic rings. The van der Waals surface area contributed by atoms with Crippen molar-refractivity contribution in [3.8, 4) is 0 Å². The second-order valence-corrected chi connectivity index (χ2v) is 3.84. The molecule has 0 atom stereocenters. The molecule has 1 rings (SSSR count). The number of nitrogens with zero attached hydrogens (tertiary/aromatic N) is 3. The number of ether oxygens (including phenoxy) is 2. The number of aromatic nitrogens is 3. The van der Waals surface area contributed by atoms with E-state index in [0.717, 1.165) is 31.9 Å². The summed E-state index contributed by atoms with van der Waals surface area (Å²) in [5.74, 6) is 0.960. The first-order valence-corrected chi connectivity index (χ1v) is 6.62. The topological polar surface area (TPSA) is 61.2 Å². The molecule has 0 spiro atoms. The van der Waals surface area contributed by atoms with Crippen LogP contribution in [-0.4, -0.2) is 40.8 Å². The molecule has 1 aromatic heterocycles. The average Bonchev–Trinajstić information content (AvgIpc) is 2.82. The zero-order valence-electron chi connectivity index (χ0n) is 11.6. The van der Waals surface area contributed by atoms with E-state index < -0.39 is 0 Å². The van der Waals surface area contributed by atoms with Gasteiger partial charge in [0.2, 0.25) is 0 Å². The second kappa shape index (κ2) is 9.02. The van der Waals surface area contributed by atoms with Gasteiger partial charge in [0, 0.05) is 32.7 Å². The van der Waals surface area contributed by atoms with Crippen LogP contribution >= 0.6 is 0 Å². The molecule has 0 aliphatic carbocycles. The van der Waals surface area contributed by atoms with Crippen LogP contribution in [0.15, 0.2) is 6.33 Å². The SMILES string of the molecule is CCOC(CCNCc1nncn1CC)OCC. The van der Waals surface area contributed by atoms with E-state index in [2.05, 4.69) is 22.4 Å². The zero-order chi connectivity index (χ0) is 13.2. The maximum atomic E-state index is 5.47. The molecule has 6 nitrogen and oxygen atoms in total. The van der Waals surface area contributed by atoms with Gasteiger partial charge in [-0.1, -0.05) is 0 Å². The number of rotatable bonds is 10. The van der Waals surface area contributed by atoms with Gasteiger partial charge in [-0.05, 0) is 20.8 Å². The zero-order valence-corrected chi connectivity index (χ0v) is 11.6. The quantitative estimate of drug-likeness (QED) is 0.503. The fraction of sp³-hybridized carbons (Fsp3) is 0.833. The Bertz CT molecular complexity index is 311. The molecule has 0 saturated carbocycles. The van der Waals surface area contributed by atoms with Crippen LogP contribution in [0.2, 0.25) is 0 Å². The molecule has 1 N–H and O–H groups in total. The van der Waals surface area contributed by atoms with Crippen molar-refractivity contribution in [2.45, 2.75) is 46.6 Å². The summed E-state index contributed by atoms with van der Waals surface area (Å²) in [5.41, 5.74) is 0. The van der Waals surface area contributed by atoms with E-state index in [0.29, 0.717) is 13.2 Å². The van der Waals surface area contributed by atoms with Crippen LogP contribution in [0, 0.1) is 0 Å². The summed E-state index contributed by atoms with van der Waals surface area (Å²) in [6.45, 7) is 9.83. The van der Waals surface area contributed by atoms with E-state index in [4.69, 9.17) is 9.47 Å². The van der Waals surface area contributed by atoms with Gasteiger partial charge in [0.25, 0.3) is 0 Å². The molecule has 0 aliphatic heterocycles. The van der Waals surface area contributed by atoms with Crippen molar-refractivity contribution in [3.05, 3.63) is 12.2 Å². The summed E-state index contributed by atoms with van der Waals surface area (Å²) in [6, 6.07) is 0. The van der Waals surface area contributed by atoms with Gasteiger partial charge in [-0.2, -0.15) is 0 Å². The van der Waals surface area contributed by atoms with Gasteiger partial charge in [0.1, 0.15) is 12.2 Å². The van der Waals surface area contributed by atoms with Crippen LogP contribution in [-0.2, 0) is 22.6 Å². The lowest BCUT2D eigenvalue weighted by atomic mass is 10.4. The minimum absolute atomic E-state index is 0.114. The molecule has 18 heavy (non-hydrogen) atoms. The van der Waals surface area contributed by atoms with E-state index in [9.17, 15) is 0 Å². The Balaban J connectivity index is 2.20. The van der Waals surface area contributed by atoms with Gasteiger partial charge in [-0.15, -0.1) is 10.2 Å². The Morgan fingerprint density at radius 1 is 1.28 bits per heavy atom. The molecule has 0 fully saturated rings. The molecule has 0 saturated heterocycles. The number of nitrogens with one attached hydrogen (secondary N) is 1. The van der Waals surface area contributed by atoms with Crippen molar-refractivity contribution in [1.82, 2.24) is 20.1 Å². The van der Waals surface area contributed by atoms with E-state index in [1.165, 1.54) is 0 Å². The highest BCUT2D eigenvalue weighted by Gasteiger charge is 2.07. The number of aryl methyl sites for hydroxylation is 1. The van der Waals surface area contributed by atoms with Crippen LogP contribution in [0.3, 0.4) is 0 Å². The monoisotopic (exact) mass is 256 g/mol. The Morgan fingerprint density at radius 2 is 2.00 bits per heavy atom.